The van der Waals surface area contributed by atoms with Crippen LogP contribution in [0.2, 0.25) is 0 Å². The summed E-state index contributed by atoms with van der Waals surface area (Å²) in [6.45, 7) is 8.03. The summed E-state index contributed by atoms with van der Waals surface area (Å²) in [6.07, 6.45) is 1.61. The fourth-order valence-electron chi connectivity index (χ4n) is 2.42. The van der Waals surface area contributed by atoms with Gasteiger partial charge >= 0.3 is 7.12 Å². The van der Waals surface area contributed by atoms with Crippen molar-refractivity contribution in [2.45, 2.75) is 38.9 Å². The van der Waals surface area contributed by atoms with Gasteiger partial charge in [-0.2, -0.15) is 5.26 Å². The quantitative estimate of drug-likeness (QED) is 0.799. The highest BCUT2D eigenvalue weighted by atomic mass is 16.7. The molecule has 0 saturated carbocycles. The molecule has 5 heteroatoms. The zero-order valence-electron chi connectivity index (χ0n) is 13.2. The lowest BCUT2D eigenvalue weighted by Crippen LogP contribution is -2.41. The molecule has 1 aromatic heterocycles. The summed E-state index contributed by atoms with van der Waals surface area (Å²) >= 11 is 0. The lowest BCUT2D eigenvalue weighted by atomic mass is 9.77. The summed E-state index contributed by atoms with van der Waals surface area (Å²) in [7, 11) is -0.494. The van der Waals surface area contributed by atoms with E-state index in [4.69, 9.17) is 13.7 Å². The van der Waals surface area contributed by atoms with E-state index in [0.717, 1.165) is 16.8 Å². The molecule has 0 aliphatic carbocycles. The largest absolute Gasteiger partial charge is 0.494 e. The summed E-state index contributed by atoms with van der Waals surface area (Å²) in [5.41, 5.74) is 1.40. The zero-order chi connectivity index (χ0) is 16.0. The fraction of sp³-hybridized carbons (Fsp3) is 0.353. The Balaban J connectivity index is 2.02. The summed E-state index contributed by atoms with van der Waals surface area (Å²) in [5.74, 6) is 0.717. The second-order valence-electron chi connectivity index (χ2n) is 6.52. The number of hydrogen-bond acceptors (Lipinski definition) is 4. The normalized spacial score (nSPS) is 19.1. The van der Waals surface area contributed by atoms with Crippen molar-refractivity contribution in [3.05, 3.63) is 42.2 Å². The average Bonchev–Trinajstić information content (AvgIpc) is 3.05. The molecule has 3 rings (SSSR count). The first-order chi connectivity index (χ1) is 10.3. The van der Waals surface area contributed by atoms with E-state index in [9.17, 15) is 5.26 Å². The van der Waals surface area contributed by atoms with Gasteiger partial charge in [0.2, 0.25) is 0 Å². The molecular weight excluding hydrogens is 277 g/mol. The van der Waals surface area contributed by atoms with Crippen molar-refractivity contribution in [2.24, 2.45) is 0 Å². The smallest absolute Gasteiger partial charge is 0.464 e. The molecule has 0 atom stereocenters. The minimum Gasteiger partial charge on any atom is -0.464 e. The Kier molecular flexibility index (Phi) is 3.39. The highest BCUT2D eigenvalue weighted by molar-refractivity contribution is 6.62. The Bertz CT molecular complexity index is 713. The van der Waals surface area contributed by atoms with Crippen LogP contribution in [0.1, 0.15) is 33.3 Å². The van der Waals surface area contributed by atoms with Crippen molar-refractivity contribution >= 4 is 12.6 Å². The van der Waals surface area contributed by atoms with Crippen LogP contribution in [0.25, 0.3) is 11.3 Å². The monoisotopic (exact) mass is 295 g/mol. The summed E-state index contributed by atoms with van der Waals surface area (Å²) in [4.78, 5) is 0. The first-order valence-corrected chi connectivity index (χ1v) is 7.27. The van der Waals surface area contributed by atoms with E-state index in [1.54, 1.807) is 18.4 Å². The number of furan rings is 1. The molecule has 0 spiro atoms. The number of benzene rings is 1. The lowest BCUT2D eigenvalue weighted by Gasteiger charge is -2.32. The van der Waals surface area contributed by atoms with Crippen molar-refractivity contribution in [3.8, 4) is 17.4 Å². The van der Waals surface area contributed by atoms with Crippen molar-refractivity contribution in [2.75, 3.05) is 0 Å². The van der Waals surface area contributed by atoms with Crippen molar-refractivity contribution in [1.82, 2.24) is 0 Å². The Morgan fingerprint density at radius 3 is 2.27 bits per heavy atom. The van der Waals surface area contributed by atoms with E-state index in [0.29, 0.717) is 5.56 Å². The summed E-state index contributed by atoms with van der Waals surface area (Å²) < 4.78 is 17.5. The summed E-state index contributed by atoms with van der Waals surface area (Å²) in [6, 6.07) is 11.4. The van der Waals surface area contributed by atoms with Gasteiger partial charge in [-0.3, -0.25) is 0 Å². The van der Waals surface area contributed by atoms with Gasteiger partial charge in [-0.15, -0.1) is 0 Å². The van der Waals surface area contributed by atoms with Crippen LogP contribution in [0, 0.1) is 11.3 Å². The molecule has 1 fully saturated rings. The molecule has 1 aliphatic rings. The maximum absolute atomic E-state index is 9.27. The van der Waals surface area contributed by atoms with Crippen LogP contribution in [0.4, 0.5) is 0 Å². The van der Waals surface area contributed by atoms with E-state index in [1.807, 2.05) is 45.9 Å². The van der Waals surface area contributed by atoms with Gasteiger partial charge in [0.05, 0.1) is 29.1 Å². The molecule has 1 saturated heterocycles. The maximum atomic E-state index is 9.27. The van der Waals surface area contributed by atoms with E-state index < -0.39 is 18.3 Å². The van der Waals surface area contributed by atoms with Crippen molar-refractivity contribution in [3.63, 3.8) is 0 Å². The molecule has 22 heavy (non-hydrogen) atoms. The van der Waals surface area contributed by atoms with Crippen molar-refractivity contribution < 1.29 is 13.7 Å². The molecule has 4 nitrogen and oxygen atoms in total. The van der Waals surface area contributed by atoms with E-state index >= 15 is 0 Å². The number of rotatable bonds is 2. The second kappa shape index (κ2) is 5.01. The fourth-order valence-corrected chi connectivity index (χ4v) is 2.42. The van der Waals surface area contributed by atoms with Crippen LogP contribution in [-0.2, 0) is 9.31 Å². The zero-order valence-corrected chi connectivity index (χ0v) is 13.2. The molecule has 0 unspecified atom stereocenters. The van der Waals surface area contributed by atoms with Gasteiger partial charge in [0, 0.05) is 5.56 Å². The van der Waals surface area contributed by atoms with E-state index in [-0.39, 0.29) is 0 Å². The Morgan fingerprint density at radius 1 is 1.05 bits per heavy atom. The summed E-state index contributed by atoms with van der Waals surface area (Å²) in [5, 5.41) is 9.27. The van der Waals surface area contributed by atoms with E-state index in [2.05, 4.69) is 6.07 Å². The topological polar surface area (TPSA) is 55.4 Å². The van der Waals surface area contributed by atoms with Crippen LogP contribution >= 0.6 is 0 Å². The minimum absolute atomic E-state index is 0.412. The molecule has 1 aromatic carbocycles. The third-order valence-corrected chi connectivity index (χ3v) is 4.42. The van der Waals surface area contributed by atoms with Crippen LogP contribution < -0.4 is 5.46 Å². The Morgan fingerprint density at radius 2 is 1.73 bits per heavy atom. The average molecular weight is 295 g/mol. The van der Waals surface area contributed by atoms with Crippen LogP contribution in [0.5, 0.6) is 0 Å². The number of nitrogens with zero attached hydrogens (tertiary/aromatic N) is 1. The Hall–Kier alpha value is -2.03. The third-order valence-electron chi connectivity index (χ3n) is 4.42. The standard InChI is InChI=1S/C17H18BNO3/c1-16(2)17(3,4)22-18(21-16)14-9-12(11-19)8-13(10-14)15-6-5-7-20-15/h5-10H,1-4H3. The van der Waals surface area contributed by atoms with Gasteiger partial charge in [-0.1, -0.05) is 6.07 Å². The van der Waals surface area contributed by atoms with Gasteiger partial charge in [0.1, 0.15) is 5.76 Å². The molecule has 0 amide bonds. The number of nitriles is 1. The first kappa shape index (κ1) is 14.9. The third kappa shape index (κ3) is 2.45. The van der Waals surface area contributed by atoms with Crippen molar-refractivity contribution in [1.29, 1.82) is 5.26 Å². The van der Waals surface area contributed by atoms with Crippen LogP contribution in [0.15, 0.2) is 41.0 Å². The molecule has 0 N–H and O–H groups in total. The molecule has 0 bridgehead atoms. The van der Waals surface area contributed by atoms with Gasteiger partial charge in [0.15, 0.2) is 0 Å². The lowest BCUT2D eigenvalue weighted by molar-refractivity contribution is 0.00578. The first-order valence-electron chi connectivity index (χ1n) is 7.27. The van der Waals surface area contributed by atoms with Gasteiger partial charge < -0.3 is 13.7 Å². The minimum atomic E-state index is -0.494. The Labute approximate surface area is 130 Å². The van der Waals surface area contributed by atoms with Gasteiger partial charge in [-0.05, 0) is 57.4 Å². The highest BCUT2D eigenvalue weighted by Crippen LogP contribution is 2.36. The van der Waals surface area contributed by atoms with Gasteiger partial charge in [0.25, 0.3) is 0 Å². The maximum Gasteiger partial charge on any atom is 0.494 e. The van der Waals surface area contributed by atoms with Crippen LogP contribution in [0.3, 0.4) is 0 Å². The predicted octanol–water partition coefficient (Wildman–Crippen LogP) is 3.12. The van der Waals surface area contributed by atoms with Gasteiger partial charge in [-0.25, -0.2) is 0 Å². The molecule has 2 aromatic rings. The molecule has 2 heterocycles. The molecule has 0 radical (unpaired) electrons. The highest BCUT2D eigenvalue weighted by Gasteiger charge is 2.51. The predicted molar refractivity (Wildman–Crippen MR) is 84.6 cm³/mol. The molecule has 1 aliphatic heterocycles. The second-order valence-corrected chi connectivity index (χ2v) is 6.52. The molecular formula is C17H18BNO3. The van der Waals surface area contributed by atoms with Crippen LogP contribution in [-0.4, -0.2) is 18.3 Å². The number of hydrogen-bond donors (Lipinski definition) is 0. The molecule has 112 valence electrons. The van der Waals surface area contributed by atoms with E-state index in [1.165, 1.54) is 0 Å². The SMILES string of the molecule is CC1(C)OB(c2cc(C#N)cc(-c3ccco3)c2)OC1(C)C.